The molecule has 84 valence electrons. The van der Waals surface area contributed by atoms with E-state index in [9.17, 15) is 4.79 Å². The molecule has 2 N–H and O–H groups in total. The number of aromatic nitrogens is 1. The third-order valence-corrected chi connectivity index (χ3v) is 2.76. The summed E-state index contributed by atoms with van der Waals surface area (Å²) < 4.78 is 0. The summed E-state index contributed by atoms with van der Waals surface area (Å²) in [4.78, 5) is 15.9. The van der Waals surface area contributed by atoms with Crippen LogP contribution in [-0.4, -0.2) is 10.9 Å². The van der Waals surface area contributed by atoms with Crippen LogP contribution in [0.2, 0.25) is 0 Å². The van der Waals surface area contributed by atoms with E-state index in [1.54, 1.807) is 18.5 Å². The smallest absolute Gasteiger partial charge is 0.255 e. The van der Waals surface area contributed by atoms with E-state index in [4.69, 9.17) is 0 Å². The predicted octanol–water partition coefficient (Wildman–Crippen LogP) is 1.94. The highest BCUT2D eigenvalue weighted by atomic mass is 16.2. The fraction of sp³-hybridized carbons (Fsp3) is 0.0769. The van der Waals surface area contributed by atoms with E-state index in [0.29, 0.717) is 5.56 Å². The second kappa shape index (κ2) is 3.90. The molecule has 0 aliphatic carbocycles. The first-order valence-corrected chi connectivity index (χ1v) is 5.41. The Labute approximate surface area is 98.7 Å². The molecule has 17 heavy (non-hydrogen) atoms. The van der Waals surface area contributed by atoms with Crippen molar-refractivity contribution in [2.24, 2.45) is 0 Å². The van der Waals surface area contributed by atoms with Gasteiger partial charge in [-0.2, -0.15) is 0 Å². The van der Waals surface area contributed by atoms with E-state index >= 15 is 0 Å². The van der Waals surface area contributed by atoms with Gasteiger partial charge in [0.05, 0.1) is 5.56 Å². The molecule has 1 amide bonds. The van der Waals surface area contributed by atoms with Gasteiger partial charge < -0.3 is 10.6 Å². The number of amides is 1. The number of para-hydroxylation sites is 1. The number of rotatable bonds is 1. The van der Waals surface area contributed by atoms with Crippen molar-refractivity contribution in [3.8, 4) is 0 Å². The molecule has 1 aliphatic heterocycles. The predicted molar refractivity (Wildman–Crippen MR) is 64.5 cm³/mol. The van der Waals surface area contributed by atoms with Gasteiger partial charge >= 0.3 is 0 Å². The van der Waals surface area contributed by atoms with Crippen LogP contribution < -0.4 is 10.6 Å². The minimum absolute atomic E-state index is 0.0618. The Morgan fingerprint density at radius 3 is 2.76 bits per heavy atom. The molecular formula is C13H11N3O. The van der Waals surface area contributed by atoms with Crippen LogP contribution in [0, 0.1) is 0 Å². The number of benzene rings is 1. The van der Waals surface area contributed by atoms with Gasteiger partial charge in [0.2, 0.25) is 0 Å². The Morgan fingerprint density at radius 1 is 1.06 bits per heavy atom. The Bertz CT molecular complexity index is 554. The molecule has 4 nitrogen and oxygen atoms in total. The van der Waals surface area contributed by atoms with Crippen molar-refractivity contribution in [3.63, 3.8) is 0 Å². The molecule has 1 aromatic carbocycles. The van der Waals surface area contributed by atoms with Crippen molar-refractivity contribution in [2.75, 3.05) is 5.32 Å². The lowest BCUT2D eigenvalue weighted by molar-refractivity contribution is 0.0935. The van der Waals surface area contributed by atoms with Crippen molar-refractivity contribution < 1.29 is 4.79 Å². The van der Waals surface area contributed by atoms with Gasteiger partial charge in [0, 0.05) is 23.6 Å². The Kier molecular flexibility index (Phi) is 2.26. The number of anilines is 1. The summed E-state index contributed by atoms with van der Waals surface area (Å²) >= 11 is 0. The number of hydrogen-bond donors (Lipinski definition) is 2. The minimum Gasteiger partial charge on any atom is -0.361 e. The second-order valence-electron chi connectivity index (χ2n) is 3.88. The van der Waals surface area contributed by atoms with Crippen molar-refractivity contribution in [3.05, 3.63) is 59.9 Å². The van der Waals surface area contributed by atoms with E-state index in [1.165, 1.54) is 0 Å². The first-order chi connectivity index (χ1) is 8.34. The normalized spacial score (nSPS) is 17.9. The van der Waals surface area contributed by atoms with E-state index in [1.807, 2.05) is 30.3 Å². The number of fused-ring (bicyclic) bond motifs is 1. The van der Waals surface area contributed by atoms with Gasteiger partial charge in [-0.3, -0.25) is 9.78 Å². The molecule has 1 aromatic heterocycles. The Morgan fingerprint density at radius 2 is 1.94 bits per heavy atom. The Hall–Kier alpha value is -2.36. The number of pyridine rings is 1. The van der Waals surface area contributed by atoms with Crippen molar-refractivity contribution in [2.45, 2.75) is 6.17 Å². The largest absolute Gasteiger partial charge is 0.361 e. The summed E-state index contributed by atoms with van der Waals surface area (Å²) in [6.07, 6.45) is 3.24. The fourth-order valence-corrected chi connectivity index (χ4v) is 1.92. The number of carbonyl (C=O) groups is 1. The molecule has 0 saturated carbocycles. The monoisotopic (exact) mass is 225 g/mol. The lowest BCUT2D eigenvalue weighted by atomic mass is 10.1. The van der Waals surface area contributed by atoms with Crippen LogP contribution in [0.5, 0.6) is 0 Å². The number of nitrogens with zero attached hydrogens (tertiary/aromatic N) is 1. The highest BCUT2D eigenvalue weighted by molar-refractivity contribution is 6.01. The molecular weight excluding hydrogens is 214 g/mol. The van der Waals surface area contributed by atoms with Crippen LogP contribution in [-0.2, 0) is 0 Å². The summed E-state index contributed by atoms with van der Waals surface area (Å²) in [5.74, 6) is -0.0618. The van der Waals surface area contributed by atoms with E-state index in [0.717, 1.165) is 11.3 Å². The molecule has 1 atom stereocenters. The zero-order valence-corrected chi connectivity index (χ0v) is 9.05. The maximum atomic E-state index is 11.9. The third-order valence-electron chi connectivity index (χ3n) is 2.76. The lowest BCUT2D eigenvalue weighted by Crippen LogP contribution is -2.38. The standard InChI is InChI=1S/C13H11N3O/c17-13-10-5-1-2-6-11(10)15-12(16-13)9-4-3-7-14-8-9/h1-8,12,15H,(H,16,17). The van der Waals surface area contributed by atoms with Gasteiger partial charge in [-0.25, -0.2) is 0 Å². The lowest BCUT2D eigenvalue weighted by Gasteiger charge is -2.27. The molecule has 1 aliphatic rings. The molecule has 2 aromatic rings. The van der Waals surface area contributed by atoms with Crippen molar-refractivity contribution in [1.29, 1.82) is 0 Å². The summed E-state index contributed by atoms with van der Waals surface area (Å²) in [7, 11) is 0. The average Bonchev–Trinajstić information content (AvgIpc) is 2.40. The molecule has 1 unspecified atom stereocenters. The van der Waals surface area contributed by atoms with Gasteiger partial charge in [0.1, 0.15) is 6.17 Å². The fourth-order valence-electron chi connectivity index (χ4n) is 1.92. The molecule has 0 fully saturated rings. The van der Waals surface area contributed by atoms with Crippen LogP contribution in [0.3, 0.4) is 0 Å². The highest BCUT2D eigenvalue weighted by Gasteiger charge is 2.23. The maximum Gasteiger partial charge on any atom is 0.255 e. The molecule has 0 spiro atoms. The maximum absolute atomic E-state index is 11.9. The SMILES string of the molecule is O=C1NC(c2cccnc2)Nc2ccccc21. The van der Waals surface area contributed by atoms with Crippen LogP contribution in [0.15, 0.2) is 48.8 Å². The van der Waals surface area contributed by atoms with Crippen LogP contribution in [0.4, 0.5) is 5.69 Å². The first kappa shape index (κ1) is 9.84. The molecule has 2 heterocycles. The zero-order valence-electron chi connectivity index (χ0n) is 9.05. The molecule has 0 radical (unpaired) electrons. The van der Waals surface area contributed by atoms with Gasteiger partial charge in [0.25, 0.3) is 5.91 Å². The topological polar surface area (TPSA) is 54.0 Å². The molecule has 0 bridgehead atoms. The number of hydrogen-bond acceptors (Lipinski definition) is 3. The third kappa shape index (κ3) is 1.73. The van der Waals surface area contributed by atoms with Crippen molar-refractivity contribution >= 4 is 11.6 Å². The number of nitrogens with one attached hydrogen (secondary N) is 2. The zero-order chi connectivity index (χ0) is 11.7. The summed E-state index contributed by atoms with van der Waals surface area (Å²) in [5, 5.41) is 6.17. The second-order valence-corrected chi connectivity index (χ2v) is 3.88. The molecule has 4 heteroatoms. The highest BCUT2D eigenvalue weighted by Crippen LogP contribution is 2.25. The summed E-state index contributed by atoms with van der Waals surface area (Å²) in [6.45, 7) is 0. The van der Waals surface area contributed by atoms with Gasteiger partial charge in [-0.1, -0.05) is 18.2 Å². The quantitative estimate of drug-likeness (QED) is 0.779. The van der Waals surface area contributed by atoms with Crippen LogP contribution >= 0.6 is 0 Å². The summed E-state index contributed by atoms with van der Waals surface area (Å²) in [6, 6.07) is 11.2. The minimum atomic E-state index is -0.217. The van der Waals surface area contributed by atoms with Gasteiger partial charge in [0.15, 0.2) is 0 Å². The van der Waals surface area contributed by atoms with E-state index in [-0.39, 0.29) is 12.1 Å². The van der Waals surface area contributed by atoms with Crippen LogP contribution in [0.1, 0.15) is 22.1 Å². The average molecular weight is 225 g/mol. The van der Waals surface area contributed by atoms with Gasteiger partial charge in [-0.15, -0.1) is 0 Å². The summed E-state index contributed by atoms with van der Waals surface area (Å²) in [5.41, 5.74) is 2.47. The first-order valence-electron chi connectivity index (χ1n) is 5.41. The molecule has 0 saturated heterocycles. The van der Waals surface area contributed by atoms with E-state index in [2.05, 4.69) is 15.6 Å². The van der Waals surface area contributed by atoms with E-state index < -0.39 is 0 Å². The van der Waals surface area contributed by atoms with Gasteiger partial charge in [-0.05, 0) is 18.2 Å². The van der Waals surface area contributed by atoms with Crippen molar-refractivity contribution in [1.82, 2.24) is 10.3 Å². The molecule has 3 rings (SSSR count). The Balaban J connectivity index is 1.97. The van der Waals surface area contributed by atoms with Crippen LogP contribution in [0.25, 0.3) is 0 Å². The number of carbonyl (C=O) groups excluding carboxylic acids is 1.